The maximum Gasteiger partial charge on any atom is 0.240 e. The van der Waals surface area contributed by atoms with E-state index >= 15 is 0 Å². The van der Waals surface area contributed by atoms with Crippen molar-refractivity contribution in [2.24, 2.45) is 0 Å². The van der Waals surface area contributed by atoms with Crippen molar-refractivity contribution in [3.05, 3.63) is 59.9 Å². The van der Waals surface area contributed by atoms with Crippen LogP contribution in [0.15, 0.2) is 48.5 Å². The van der Waals surface area contributed by atoms with Crippen LogP contribution in [0, 0.1) is 5.82 Å². The second-order valence-corrected chi connectivity index (χ2v) is 7.74. The first-order valence-corrected chi connectivity index (χ1v) is 9.82. The molecule has 3 aromatic rings. The van der Waals surface area contributed by atoms with Crippen molar-refractivity contribution in [1.29, 1.82) is 0 Å². The summed E-state index contributed by atoms with van der Waals surface area (Å²) < 4.78 is 14.1. The standard InChI is InChI=1S/C20H21FN4OS/c21-16-7-5-15(6-8-16)13-24-9-11-25(12-10-24)14-19(26)23-20-22-17-3-1-2-4-18(17)27-20/h1-8H,9-14H2,(H,22,23,26). The number of hydrogen-bond acceptors (Lipinski definition) is 5. The lowest BCUT2D eigenvalue weighted by molar-refractivity contribution is -0.117. The van der Waals surface area contributed by atoms with Crippen LogP contribution in [0.3, 0.4) is 0 Å². The van der Waals surface area contributed by atoms with E-state index in [1.54, 1.807) is 0 Å². The minimum Gasteiger partial charge on any atom is -0.301 e. The Kier molecular flexibility index (Phi) is 5.42. The molecule has 1 aliphatic heterocycles. The van der Waals surface area contributed by atoms with E-state index in [0.717, 1.165) is 48.5 Å². The van der Waals surface area contributed by atoms with Gasteiger partial charge in [0.2, 0.25) is 5.91 Å². The van der Waals surface area contributed by atoms with E-state index in [-0.39, 0.29) is 11.7 Å². The van der Waals surface area contributed by atoms with Gasteiger partial charge in [-0.15, -0.1) is 0 Å². The Morgan fingerprint density at radius 2 is 1.74 bits per heavy atom. The zero-order valence-corrected chi connectivity index (χ0v) is 15.7. The molecule has 0 aliphatic carbocycles. The number of rotatable bonds is 5. The normalized spacial score (nSPS) is 15.9. The molecule has 27 heavy (non-hydrogen) atoms. The molecule has 1 N–H and O–H groups in total. The van der Waals surface area contributed by atoms with Crippen LogP contribution in [0.5, 0.6) is 0 Å². The molecule has 0 saturated carbocycles. The van der Waals surface area contributed by atoms with Gasteiger partial charge in [-0.25, -0.2) is 9.37 Å². The fourth-order valence-corrected chi connectivity index (χ4v) is 4.12. The molecule has 7 heteroatoms. The van der Waals surface area contributed by atoms with Crippen LogP contribution in [-0.2, 0) is 11.3 Å². The molecular weight excluding hydrogens is 363 g/mol. The average molecular weight is 384 g/mol. The molecule has 140 valence electrons. The third kappa shape index (κ3) is 4.68. The van der Waals surface area contributed by atoms with Crippen LogP contribution < -0.4 is 5.32 Å². The third-order valence-electron chi connectivity index (χ3n) is 4.69. The van der Waals surface area contributed by atoms with Crippen LogP contribution in [0.1, 0.15) is 5.56 Å². The highest BCUT2D eigenvalue weighted by molar-refractivity contribution is 7.22. The summed E-state index contributed by atoms with van der Waals surface area (Å²) in [6.07, 6.45) is 0. The van der Waals surface area contributed by atoms with Crippen molar-refractivity contribution in [1.82, 2.24) is 14.8 Å². The molecule has 1 amide bonds. The fraction of sp³-hybridized carbons (Fsp3) is 0.300. The van der Waals surface area contributed by atoms with Gasteiger partial charge in [0.25, 0.3) is 0 Å². The number of anilines is 1. The number of para-hydroxylation sites is 1. The predicted molar refractivity (Wildman–Crippen MR) is 106 cm³/mol. The van der Waals surface area contributed by atoms with Gasteiger partial charge < -0.3 is 5.32 Å². The SMILES string of the molecule is O=C(CN1CCN(Cc2ccc(F)cc2)CC1)Nc1nc2ccccc2s1. The van der Waals surface area contributed by atoms with Crippen molar-refractivity contribution >= 4 is 32.6 Å². The highest BCUT2D eigenvalue weighted by Gasteiger charge is 2.19. The van der Waals surface area contributed by atoms with Gasteiger partial charge in [0.15, 0.2) is 5.13 Å². The zero-order chi connectivity index (χ0) is 18.6. The Morgan fingerprint density at radius 1 is 1.04 bits per heavy atom. The summed E-state index contributed by atoms with van der Waals surface area (Å²) in [5.74, 6) is -0.233. The lowest BCUT2D eigenvalue weighted by Crippen LogP contribution is -2.48. The topological polar surface area (TPSA) is 48.5 Å². The highest BCUT2D eigenvalue weighted by Crippen LogP contribution is 2.25. The number of hydrogen-bond donors (Lipinski definition) is 1. The van der Waals surface area contributed by atoms with Crippen molar-refractivity contribution in [3.8, 4) is 0 Å². The molecule has 1 saturated heterocycles. The lowest BCUT2D eigenvalue weighted by Gasteiger charge is -2.34. The van der Waals surface area contributed by atoms with Gasteiger partial charge in [-0.05, 0) is 29.8 Å². The average Bonchev–Trinajstić information content (AvgIpc) is 3.07. The van der Waals surface area contributed by atoms with E-state index < -0.39 is 0 Å². The predicted octanol–water partition coefficient (Wildman–Crippen LogP) is 3.19. The first-order valence-electron chi connectivity index (χ1n) is 9.00. The Hall–Kier alpha value is -2.35. The molecule has 0 spiro atoms. The molecule has 1 aromatic heterocycles. The highest BCUT2D eigenvalue weighted by atomic mass is 32.1. The number of piperazine rings is 1. The summed E-state index contributed by atoms with van der Waals surface area (Å²) in [6, 6.07) is 14.5. The second kappa shape index (κ2) is 8.12. The monoisotopic (exact) mass is 384 g/mol. The Morgan fingerprint density at radius 3 is 2.48 bits per heavy atom. The van der Waals surface area contributed by atoms with Crippen molar-refractivity contribution in [3.63, 3.8) is 0 Å². The van der Waals surface area contributed by atoms with Crippen LogP contribution in [0.2, 0.25) is 0 Å². The van der Waals surface area contributed by atoms with Crippen molar-refractivity contribution in [2.45, 2.75) is 6.54 Å². The van der Waals surface area contributed by atoms with Gasteiger partial charge in [-0.1, -0.05) is 35.6 Å². The first-order chi connectivity index (χ1) is 13.2. The molecule has 4 rings (SSSR count). The summed E-state index contributed by atoms with van der Waals surface area (Å²) in [5, 5.41) is 3.56. The maximum atomic E-state index is 13.0. The summed E-state index contributed by atoms with van der Waals surface area (Å²) in [7, 11) is 0. The summed E-state index contributed by atoms with van der Waals surface area (Å²) in [5.41, 5.74) is 2.02. The molecule has 1 aliphatic rings. The lowest BCUT2D eigenvalue weighted by atomic mass is 10.2. The minimum atomic E-state index is -0.206. The Bertz CT molecular complexity index is 886. The number of fused-ring (bicyclic) bond motifs is 1. The van der Waals surface area contributed by atoms with E-state index in [4.69, 9.17) is 0 Å². The molecule has 0 radical (unpaired) electrons. The Balaban J connectivity index is 1.24. The molecule has 0 unspecified atom stereocenters. The first kappa shape index (κ1) is 18.0. The number of amides is 1. The van der Waals surface area contributed by atoms with Gasteiger partial charge in [0.1, 0.15) is 5.82 Å². The number of carbonyl (C=O) groups is 1. The zero-order valence-electron chi connectivity index (χ0n) is 14.9. The van der Waals surface area contributed by atoms with E-state index in [0.29, 0.717) is 11.7 Å². The van der Waals surface area contributed by atoms with Gasteiger partial charge in [-0.3, -0.25) is 14.6 Å². The summed E-state index contributed by atoms with van der Waals surface area (Å²) in [4.78, 5) is 21.3. The number of carbonyl (C=O) groups excluding carboxylic acids is 1. The summed E-state index contributed by atoms with van der Waals surface area (Å²) in [6.45, 7) is 4.66. The summed E-state index contributed by atoms with van der Waals surface area (Å²) >= 11 is 1.49. The number of benzene rings is 2. The van der Waals surface area contributed by atoms with E-state index in [1.807, 2.05) is 36.4 Å². The van der Waals surface area contributed by atoms with Crippen LogP contribution >= 0.6 is 11.3 Å². The second-order valence-electron chi connectivity index (χ2n) is 6.71. The number of aromatic nitrogens is 1. The van der Waals surface area contributed by atoms with Crippen LogP contribution in [0.25, 0.3) is 10.2 Å². The van der Waals surface area contributed by atoms with E-state index in [9.17, 15) is 9.18 Å². The van der Waals surface area contributed by atoms with Crippen molar-refractivity contribution < 1.29 is 9.18 Å². The third-order valence-corrected chi connectivity index (χ3v) is 5.64. The quantitative estimate of drug-likeness (QED) is 0.734. The molecular formula is C20H21FN4OS. The maximum absolute atomic E-state index is 13.0. The largest absolute Gasteiger partial charge is 0.301 e. The molecule has 0 atom stereocenters. The van der Waals surface area contributed by atoms with Gasteiger partial charge >= 0.3 is 0 Å². The van der Waals surface area contributed by atoms with Crippen LogP contribution in [-0.4, -0.2) is 53.4 Å². The Labute approximate surface area is 161 Å². The number of thiazole rings is 1. The van der Waals surface area contributed by atoms with E-state index in [2.05, 4.69) is 20.1 Å². The molecule has 1 fully saturated rings. The molecule has 0 bridgehead atoms. The molecule has 2 heterocycles. The van der Waals surface area contributed by atoms with Crippen molar-refractivity contribution in [2.75, 3.05) is 38.0 Å². The minimum absolute atomic E-state index is 0.0268. The fourth-order valence-electron chi connectivity index (χ4n) is 3.24. The van der Waals surface area contributed by atoms with Gasteiger partial charge in [0, 0.05) is 32.7 Å². The number of nitrogens with zero attached hydrogens (tertiary/aromatic N) is 3. The van der Waals surface area contributed by atoms with E-state index in [1.165, 1.54) is 23.5 Å². The smallest absolute Gasteiger partial charge is 0.240 e. The molecule has 5 nitrogen and oxygen atoms in total. The number of nitrogens with one attached hydrogen (secondary N) is 1. The number of halogens is 1. The molecule has 2 aromatic carbocycles. The van der Waals surface area contributed by atoms with Crippen LogP contribution in [0.4, 0.5) is 9.52 Å². The van der Waals surface area contributed by atoms with Gasteiger partial charge in [0.05, 0.1) is 16.8 Å². The van der Waals surface area contributed by atoms with Gasteiger partial charge in [-0.2, -0.15) is 0 Å².